The number of benzene rings is 2. The Balaban J connectivity index is 1.65. The zero-order valence-corrected chi connectivity index (χ0v) is 12.5. The van der Waals surface area contributed by atoms with Crippen LogP contribution in [0, 0.1) is 0 Å². The van der Waals surface area contributed by atoms with Crippen molar-refractivity contribution < 1.29 is 0 Å². The highest BCUT2D eigenvalue weighted by atomic mass is 79.9. The van der Waals surface area contributed by atoms with Crippen LogP contribution in [0.25, 0.3) is 0 Å². The topological polar surface area (TPSA) is 3.24 Å². The van der Waals surface area contributed by atoms with Crippen molar-refractivity contribution in [2.45, 2.75) is 18.8 Å². The number of rotatable bonds is 2. The van der Waals surface area contributed by atoms with Crippen LogP contribution in [0.15, 0.2) is 59.1 Å². The first-order chi connectivity index (χ1) is 9.33. The Morgan fingerprint density at radius 1 is 0.842 bits per heavy atom. The Hall–Kier alpha value is -1.28. The van der Waals surface area contributed by atoms with Gasteiger partial charge >= 0.3 is 0 Å². The van der Waals surface area contributed by atoms with Crippen LogP contribution in [-0.4, -0.2) is 13.1 Å². The first-order valence-corrected chi connectivity index (χ1v) is 7.68. The summed E-state index contributed by atoms with van der Waals surface area (Å²) < 4.78 is 1.16. The molecule has 0 unspecified atom stereocenters. The molecule has 3 rings (SSSR count). The van der Waals surface area contributed by atoms with Gasteiger partial charge < -0.3 is 4.90 Å². The molecule has 0 atom stereocenters. The van der Waals surface area contributed by atoms with Gasteiger partial charge in [-0.1, -0.05) is 46.3 Å². The van der Waals surface area contributed by atoms with E-state index in [2.05, 4.69) is 75.4 Å². The monoisotopic (exact) mass is 315 g/mol. The van der Waals surface area contributed by atoms with Gasteiger partial charge in [0, 0.05) is 23.2 Å². The maximum atomic E-state index is 3.50. The highest BCUT2D eigenvalue weighted by molar-refractivity contribution is 9.10. The van der Waals surface area contributed by atoms with Crippen LogP contribution in [0.5, 0.6) is 0 Å². The fourth-order valence-electron chi connectivity index (χ4n) is 2.84. The van der Waals surface area contributed by atoms with Gasteiger partial charge in [-0.3, -0.25) is 0 Å². The Morgan fingerprint density at radius 2 is 1.47 bits per heavy atom. The van der Waals surface area contributed by atoms with Crippen molar-refractivity contribution in [3.8, 4) is 0 Å². The van der Waals surface area contributed by atoms with Crippen molar-refractivity contribution in [2.75, 3.05) is 18.0 Å². The molecule has 2 heteroatoms. The Kier molecular flexibility index (Phi) is 3.88. The number of para-hydroxylation sites is 1. The molecule has 0 bridgehead atoms. The normalized spacial score (nSPS) is 16.6. The van der Waals surface area contributed by atoms with Gasteiger partial charge in [-0.15, -0.1) is 0 Å². The SMILES string of the molecule is Brc1ccc(C2CCN(c3ccccc3)CC2)cc1. The van der Waals surface area contributed by atoms with E-state index in [-0.39, 0.29) is 0 Å². The van der Waals surface area contributed by atoms with Gasteiger partial charge in [-0.25, -0.2) is 0 Å². The molecule has 0 aliphatic carbocycles. The van der Waals surface area contributed by atoms with Gasteiger partial charge in [-0.2, -0.15) is 0 Å². The molecule has 19 heavy (non-hydrogen) atoms. The van der Waals surface area contributed by atoms with E-state index in [1.165, 1.54) is 24.1 Å². The highest BCUT2D eigenvalue weighted by Gasteiger charge is 2.20. The molecule has 0 radical (unpaired) electrons. The van der Waals surface area contributed by atoms with E-state index in [0.717, 1.165) is 17.6 Å². The van der Waals surface area contributed by atoms with E-state index in [4.69, 9.17) is 0 Å². The summed E-state index contributed by atoms with van der Waals surface area (Å²) in [5.41, 5.74) is 2.84. The number of piperidine rings is 1. The summed E-state index contributed by atoms with van der Waals surface area (Å²) in [6, 6.07) is 19.6. The number of halogens is 1. The first kappa shape index (κ1) is 12.7. The van der Waals surface area contributed by atoms with Crippen molar-refractivity contribution >= 4 is 21.6 Å². The van der Waals surface area contributed by atoms with Crippen molar-refractivity contribution in [1.82, 2.24) is 0 Å². The van der Waals surface area contributed by atoms with Crippen molar-refractivity contribution in [3.63, 3.8) is 0 Å². The Bertz CT molecular complexity index is 513. The second-order valence-electron chi connectivity index (χ2n) is 5.15. The van der Waals surface area contributed by atoms with Gasteiger partial charge in [0.2, 0.25) is 0 Å². The van der Waals surface area contributed by atoms with Crippen LogP contribution < -0.4 is 4.90 Å². The summed E-state index contributed by atoms with van der Waals surface area (Å²) in [5, 5.41) is 0. The molecule has 1 aliphatic heterocycles. The molecule has 1 saturated heterocycles. The van der Waals surface area contributed by atoms with Crippen LogP contribution in [0.2, 0.25) is 0 Å². The van der Waals surface area contributed by atoms with E-state index in [1.54, 1.807) is 0 Å². The second kappa shape index (κ2) is 5.79. The lowest BCUT2D eigenvalue weighted by Gasteiger charge is -2.33. The number of hydrogen-bond acceptors (Lipinski definition) is 1. The molecule has 1 nitrogen and oxygen atoms in total. The largest absolute Gasteiger partial charge is 0.371 e. The molecule has 2 aromatic carbocycles. The minimum Gasteiger partial charge on any atom is -0.371 e. The predicted octanol–water partition coefficient (Wildman–Crippen LogP) is 4.83. The molecule has 0 aromatic heterocycles. The Labute approximate surface area is 123 Å². The molecule has 0 spiro atoms. The van der Waals surface area contributed by atoms with Gasteiger partial charge in [0.05, 0.1) is 0 Å². The second-order valence-corrected chi connectivity index (χ2v) is 6.06. The van der Waals surface area contributed by atoms with E-state index in [9.17, 15) is 0 Å². The maximum absolute atomic E-state index is 3.50. The third-order valence-corrected chi connectivity index (χ3v) is 4.49. The lowest BCUT2D eigenvalue weighted by molar-refractivity contribution is 0.505. The number of hydrogen-bond donors (Lipinski definition) is 0. The van der Waals surface area contributed by atoms with Crippen LogP contribution in [0.4, 0.5) is 5.69 Å². The van der Waals surface area contributed by atoms with Crippen molar-refractivity contribution in [1.29, 1.82) is 0 Å². The number of anilines is 1. The molecule has 98 valence electrons. The minimum atomic E-state index is 0.716. The quantitative estimate of drug-likeness (QED) is 0.767. The van der Waals surface area contributed by atoms with Crippen LogP contribution in [-0.2, 0) is 0 Å². The zero-order valence-electron chi connectivity index (χ0n) is 10.9. The third-order valence-electron chi connectivity index (χ3n) is 3.96. The van der Waals surface area contributed by atoms with Gasteiger partial charge in [-0.05, 0) is 48.6 Å². The molecule has 0 N–H and O–H groups in total. The molecule has 1 fully saturated rings. The standard InChI is InChI=1S/C17H18BrN/c18-16-8-6-14(7-9-16)15-10-12-19(13-11-15)17-4-2-1-3-5-17/h1-9,15H,10-13H2. The average molecular weight is 316 g/mol. The van der Waals surface area contributed by atoms with Crippen molar-refractivity contribution in [3.05, 3.63) is 64.6 Å². The fourth-order valence-corrected chi connectivity index (χ4v) is 3.11. The highest BCUT2D eigenvalue weighted by Crippen LogP contribution is 2.30. The molecule has 1 aliphatic rings. The Morgan fingerprint density at radius 3 is 2.11 bits per heavy atom. The third kappa shape index (κ3) is 3.01. The lowest BCUT2D eigenvalue weighted by atomic mass is 9.89. The predicted molar refractivity (Wildman–Crippen MR) is 84.8 cm³/mol. The number of nitrogens with zero attached hydrogens (tertiary/aromatic N) is 1. The summed E-state index contributed by atoms with van der Waals surface area (Å²) in [6.07, 6.45) is 2.49. The first-order valence-electron chi connectivity index (χ1n) is 6.88. The fraction of sp³-hybridized carbons (Fsp3) is 0.294. The van der Waals surface area contributed by atoms with Gasteiger partial charge in [0.15, 0.2) is 0 Å². The zero-order chi connectivity index (χ0) is 13.1. The molecule has 1 heterocycles. The minimum absolute atomic E-state index is 0.716. The molecular formula is C17H18BrN. The summed E-state index contributed by atoms with van der Waals surface area (Å²) in [7, 11) is 0. The van der Waals surface area contributed by atoms with Crippen LogP contribution >= 0.6 is 15.9 Å². The molecule has 0 amide bonds. The molecule has 0 saturated carbocycles. The van der Waals surface area contributed by atoms with Gasteiger partial charge in [0.25, 0.3) is 0 Å². The summed E-state index contributed by atoms with van der Waals surface area (Å²) >= 11 is 3.50. The van der Waals surface area contributed by atoms with E-state index in [0.29, 0.717) is 5.92 Å². The molecule has 2 aromatic rings. The van der Waals surface area contributed by atoms with E-state index < -0.39 is 0 Å². The maximum Gasteiger partial charge on any atom is 0.0366 e. The lowest BCUT2D eigenvalue weighted by Crippen LogP contribution is -2.32. The van der Waals surface area contributed by atoms with Crippen LogP contribution in [0.3, 0.4) is 0 Å². The molecular weight excluding hydrogens is 298 g/mol. The summed E-state index contributed by atoms with van der Waals surface area (Å²) in [5.74, 6) is 0.716. The summed E-state index contributed by atoms with van der Waals surface area (Å²) in [6.45, 7) is 2.31. The average Bonchev–Trinajstić information content (AvgIpc) is 2.49. The van der Waals surface area contributed by atoms with Crippen molar-refractivity contribution in [2.24, 2.45) is 0 Å². The summed E-state index contributed by atoms with van der Waals surface area (Å²) in [4.78, 5) is 2.50. The van der Waals surface area contributed by atoms with E-state index >= 15 is 0 Å². The smallest absolute Gasteiger partial charge is 0.0366 e. The van der Waals surface area contributed by atoms with Gasteiger partial charge in [0.1, 0.15) is 0 Å². The van der Waals surface area contributed by atoms with Crippen LogP contribution in [0.1, 0.15) is 24.3 Å². The van der Waals surface area contributed by atoms with E-state index in [1.807, 2.05) is 0 Å².